The lowest BCUT2D eigenvalue weighted by molar-refractivity contribution is 0.517. The van der Waals surface area contributed by atoms with Crippen molar-refractivity contribution in [2.45, 2.75) is 26.3 Å². The number of nitrogens with zero attached hydrogens (tertiary/aromatic N) is 2. The zero-order chi connectivity index (χ0) is 11.0. The third-order valence-electron chi connectivity index (χ3n) is 3.98. The van der Waals surface area contributed by atoms with E-state index in [1.165, 1.54) is 5.82 Å². The van der Waals surface area contributed by atoms with Gasteiger partial charge in [-0.25, -0.2) is 0 Å². The minimum atomic E-state index is 0.592. The van der Waals surface area contributed by atoms with Crippen LogP contribution in [-0.4, -0.2) is 37.2 Å². The summed E-state index contributed by atoms with van der Waals surface area (Å²) in [6.07, 6.45) is 1.99. The smallest absolute Gasteiger partial charge is 0.251 e. The molecule has 15 heavy (non-hydrogen) atoms. The van der Waals surface area contributed by atoms with Crippen molar-refractivity contribution in [3.63, 3.8) is 0 Å². The van der Waals surface area contributed by atoms with Crippen LogP contribution in [0.4, 0.5) is 5.82 Å². The molecule has 3 nitrogen and oxygen atoms in total. The van der Waals surface area contributed by atoms with Crippen molar-refractivity contribution in [2.24, 2.45) is 0 Å². The van der Waals surface area contributed by atoms with Crippen LogP contribution in [0, 0.1) is 0 Å². The Kier molecular flexibility index (Phi) is 2.83. The Morgan fingerprint density at radius 2 is 2.13 bits per heavy atom. The van der Waals surface area contributed by atoms with Gasteiger partial charge in [-0.15, -0.1) is 0 Å². The summed E-state index contributed by atoms with van der Waals surface area (Å²) in [4.78, 5) is 8.14. The van der Waals surface area contributed by atoms with Gasteiger partial charge in [0.1, 0.15) is 0 Å². The number of aromatic amines is 1. The molecule has 1 aliphatic rings. The van der Waals surface area contributed by atoms with Crippen molar-refractivity contribution in [3.05, 3.63) is 18.3 Å². The molecule has 2 rings (SSSR count). The third kappa shape index (κ3) is 1.81. The second-order valence-electron chi connectivity index (χ2n) is 4.76. The minimum Gasteiger partial charge on any atom is -0.391 e. The van der Waals surface area contributed by atoms with Crippen LogP contribution in [0.1, 0.15) is 6.92 Å². The molecule has 0 bridgehead atoms. The van der Waals surface area contributed by atoms with Crippen LogP contribution in [0.15, 0.2) is 18.3 Å². The molecule has 5 heteroatoms. The van der Waals surface area contributed by atoms with E-state index in [0.29, 0.717) is 19.4 Å². The predicted octanol–water partition coefficient (Wildman–Crippen LogP) is 1.90. The molecule has 1 N–H and O–H groups in total. The zero-order valence-corrected chi connectivity index (χ0v) is 10.1. The maximum Gasteiger partial charge on any atom is 0.251 e. The second-order valence-corrected chi connectivity index (χ2v) is 4.76. The summed E-state index contributed by atoms with van der Waals surface area (Å²) in [6.45, 7) is 9.22. The number of anilines is 1. The van der Waals surface area contributed by atoms with Gasteiger partial charge in [-0.1, -0.05) is 26.3 Å². The molecule has 2 heterocycles. The number of hydrogen-bond donors (Lipinski definition) is 1. The highest BCUT2D eigenvalue weighted by Gasteiger charge is 2.38. The first kappa shape index (κ1) is 10.7. The summed E-state index contributed by atoms with van der Waals surface area (Å²) in [5, 5.41) is 0. The summed E-state index contributed by atoms with van der Waals surface area (Å²) in [6, 6.07) is 4.21. The van der Waals surface area contributed by atoms with E-state index in [0.717, 1.165) is 6.67 Å². The summed E-state index contributed by atoms with van der Waals surface area (Å²) in [7, 11) is 2.20. The fraction of sp³-hybridized carbons (Fsp3) is 0.600. The van der Waals surface area contributed by atoms with Gasteiger partial charge in [0, 0.05) is 12.9 Å². The molecule has 0 spiro atoms. The molecule has 1 saturated heterocycles. The van der Waals surface area contributed by atoms with Gasteiger partial charge >= 0.3 is 0 Å². The maximum absolute atomic E-state index is 3.29. The van der Waals surface area contributed by atoms with Crippen molar-refractivity contribution < 1.29 is 0 Å². The van der Waals surface area contributed by atoms with Crippen molar-refractivity contribution in [2.75, 3.05) is 18.5 Å². The normalized spacial score (nSPS) is 23.7. The highest BCUT2D eigenvalue weighted by molar-refractivity contribution is 6.80. The first-order valence-corrected chi connectivity index (χ1v) is 5.71. The van der Waals surface area contributed by atoms with E-state index in [-0.39, 0.29) is 0 Å². The first-order valence-electron chi connectivity index (χ1n) is 5.71. The molecule has 0 aromatic carbocycles. The zero-order valence-electron chi connectivity index (χ0n) is 10.1. The fourth-order valence-electron chi connectivity index (χ4n) is 2.38. The molecule has 1 fully saturated rings. The Hall–Kier alpha value is -0.830. The van der Waals surface area contributed by atoms with Crippen LogP contribution in [0.2, 0.25) is 19.4 Å². The average molecular weight is 203 g/mol. The van der Waals surface area contributed by atoms with E-state index in [1.54, 1.807) is 0 Å². The van der Waals surface area contributed by atoms with Gasteiger partial charge in [0.05, 0.1) is 5.82 Å². The molecule has 1 unspecified atom stereocenters. The molecule has 1 aliphatic heterocycles. The molecule has 0 aliphatic carbocycles. The molecule has 0 amide bonds. The van der Waals surface area contributed by atoms with Crippen LogP contribution in [0.3, 0.4) is 0 Å². The van der Waals surface area contributed by atoms with Gasteiger partial charge in [-0.05, 0) is 19.2 Å². The number of hydrogen-bond acceptors (Lipinski definition) is 2. The van der Waals surface area contributed by atoms with E-state index in [4.69, 9.17) is 0 Å². The van der Waals surface area contributed by atoms with Crippen LogP contribution in [0.25, 0.3) is 0 Å². The minimum absolute atomic E-state index is 0.592. The van der Waals surface area contributed by atoms with Crippen molar-refractivity contribution in [1.82, 2.24) is 9.79 Å². The quantitative estimate of drug-likeness (QED) is 0.704. The molecule has 80 valence electrons. The Morgan fingerprint density at radius 3 is 2.73 bits per heavy atom. The topological polar surface area (TPSA) is 22.3 Å². The monoisotopic (exact) mass is 203 g/mol. The Labute approximate surface area is 93.0 Å². The Bertz CT molecular complexity index is 314. The van der Waals surface area contributed by atoms with Gasteiger partial charge in [0.25, 0.3) is 6.85 Å². The number of H-pyrrole nitrogens is 1. The first-order chi connectivity index (χ1) is 7.11. The van der Waals surface area contributed by atoms with Crippen LogP contribution in [-0.2, 0) is 0 Å². The lowest BCUT2D eigenvalue weighted by atomic mass is 9.31. The molecular formula is C10H19B2N3. The molecule has 1 atom stereocenters. The summed E-state index contributed by atoms with van der Waals surface area (Å²) >= 11 is 0. The maximum atomic E-state index is 3.29. The van der Waals surface area contributed by atoms with Gasteiger partial charge < -0.3 is 14.6 Å². The summed E-state index contributed by atoms with van der Waals surface area (Å²) in [5.41, 5.74) is 0.687. The Morgan fingerprint density at radius 1 is 1.40 bits per heavy atom. The summed E-state index contributed by atoms with van der Waals surface area (Å²) in [5.74, 6) is 1.23. The largest absolute Gasteiger partial charge is 0.391 e. The van der Waals surface area contributed by atoms with E-state index >= 15 is 0 Å². The number of rotatable bonds is 1. The van der Waals surface area contributed by atoms with E-state index in [1.807, 2.05) is 6.20 Å². The Balaban J connectivity index is 2.20. The molecule has 0 radical (unpaired) electrons. The molecule has 1 aromatic rings. The molecule has 1 aromatic heterocycles. The van der Waals surface area contributed by atoms with Crippen LogP contribution >= 0.6 is 0 Å². The van der Waals surface area contributed by atoms with Crippen molar-refractivity contribution in [1.29, 1.82) is 0 Å². The number of aromatic nitrogens is 1. The van der Waals surface area contributed by atoms with Crippen molar-refractivity contribution >= 4 is 19.5 Å². The lowest BCUT2D eigenvalue weighted by Crippen LogP contribution is -2.59. The van der Waals surface area contributed by atoms with Gasteiger partial charge in [-0.2, -0.15) is 0 Å². The second kappa shape index (κ2) is 3.97. The fourth-order valence-corrected chi connectivity index (χ4v) is 2.38. The lowest BCUT2D eigenvalue weighted by Gasteiger charge is -2.44. The van der Waals surface area contributed by atoms with E-state index in [9.17, 15) is 0 Å². The highest BCUT2D eigenvalue weighted by atomic mass is 15.3. The number of nitrogens with one attached hydrogen (secondary N) is 1. The van der Waals surface area contributed by atoms with E-state index < -0.39 is 0 Å². The molecular weight excluding hydrogens is 184 g/mol. The van der Waals surface area contributed by atoms with Gasteiger partial charge in [0.15, 0.2) is 0 Å². The molecule has 0 saturated carbocycles. The summed E-state index contributed by atoms with van der Waals surface area (Å²) < 4.78 is 0. The highest BCUT2D eigenvalue weighted by Crippen LogP contribution is 2.27. The van der Waals surface area contributed by atoms with Crippen molar-refractivity contribution in [3.8, 4) is 0 Å². The van der Waals surface area contributed by atoms with Gasteiger partial charge in [0.2, 0.25) is 6.85 Å². The predicted molar refractivity (Wildman–Crippen MR) is 68.6 cm³/mol. The van der Waals surface area contributed by atoms with Crippen LogP contribution in [0.5, 0.6) is 0 Å². The SMILES string of the molecule is CB1C(C)B(C)N(c2ccc[nH]2)CN1C. The third-order valence-corrected chi connectivity index (χ3v) is 3.98. The van der Waals surface area contributed by atoms with E-state index in [2.05, 4.69) is 54.4 Å². The van der Waals surface area contributed by atoms with Gasteiger partial charge in [-0.3, -0.25) is 0 Å². The average Bonchev–Trinajstić information content (AvgIpc) is 2.73. The standard InChI is InChI=1S/C10H19B2N3/c1-9-11(2)14(4)8-15(12(9)3)10-6-5-7-13-10/h5-7,9,13H,8H2,1-4H3. The van der Waals surface area contributed by atoms with Crippen LogP contribution < -0.4 is 4.81 Å².